The minimum atomic E-state index is -5.10. The van der Waals surface area contributed by atoms with Crippen LogP contribution in [0.15, 0.2) is 0 Å². The molecular formula is C34H61N3O12S. The molecule has 1 saturated heterocycles. The van der Waals surface area contributed by atoms with E-state index in [4.69, 9.17) is 9.47 Å². The van der Waals surface area contributed by atoms with E-state index in [-0.39, 0.29) is 0 Å². The summed E-state index contributed by atoms with van der Waals surface area (Å²) in [7, 11) is -5.10. The predicted molar refractivity (Wildman–Crippen MR) is 185 cm³/mol. The Kier molecular flexibility index (Phi) is 20.7. The molecule has 0 aromatic rings. The highest BCUT2D eigenvalue weighted by Crippen LogP contribution is 2.25. The number of hydrogen-bond donors (Lipinski definition) is 5. The highest BCUT2D eigenvalue weighted by Gasteiger charge is 2.40. The summed E-state index contributed by atoms with van der Waals surface area (Å²) in [4.78, 5) is 65.6. The third kappa shape index (κ3) is 16.9. The first kappa shape index (κ1) is 45.2. The number of aliphatic hydroxyl groups is 1. The van der Waals surface area contributed by atoms with Crippen LogP contribution in [-0.4, -0.2) is 90.8 Å². The van der Waals surface area contributed by atoms with Crippen molar-refractivity contribution in [2.45, 2.75) is 162 Å². The van der Waals surface area contributed by atoms with Crippen molar-refractivity contribution in [1.82, 2.24) is 16.0 Å². The van der Waals surface area contributed by atoms with Crippen LogP contribution in [0.1, 0.15) is 126 Å². The van der Waals surface area contributed by atoms with Gasteiger partial charge in [-0.05, 0) is 25.7 Å². The molecule has 50 heavy (non-hydrogen) atoms. The Morgan fingerprint density at radius 3 is 1.82 bits per heavy atom. The molecule has 0 unspecified atom stereocenters. The van der Waals surface area contributed by atoms with E-state index in [9.17, 15) is 42.0 Å². The van der Waals surface area contributed by atoms with Crippen molar-refractivity contribution in [2.24, 2.45) is 17.8 Å². The molecule has 1 heterocycles. The highest BCUT2D eigenvalue weighted by molar-refractivity contribution is 7.80. The first-order valence-corrected chi connectivity index (χ1v) is 19.3. The van der Waals surface area contributed by atoms with Crippen LogP contribution in [-0.2, 0) is 48.0 Å². The molecule has 8 atom stereocenters. The summed E-state index contributed by atoms with van der Waals surface area (Å²) in [6, 6.07) is -4.68. The molecule has 1 rings (SSSR count). The van der Waals surface area contributed by atoms with E-state index in [1.807, 2.05) is 0 Å². The number of carbonyl (C=O) groups is 5. The number of amides is 3. The van der Waals surface area contributed by atoms with Crippen LogP contribution in [0.25, 0.3) is 0 Å². The average molecular weight is 736 g/mol. The lowest BCUT2D eigenvalue weighted by atomic mass is 9.86. The van der Waals surface area contributed by atoms with Crippen molar-refractivity contribution in [1.29, 1.82) is 0 Å². The van der Waals surface area contributed by atoms with Gasteiger partial charge in [0.2, 0.25) is 17.7 Å². The van der Waals surface area contributed by atoms with E-state index in [0.29, 0.717) is 12.8 Å². The molecule has 1 fully saturated rings. The zero-order valence-corrected chi connectivity index (χ0v) is 31.6. The minimum absolute atomic E-state index is 0.333. The Morgan fingerprint density at radius 1 is 0.820 bits per heavy atom. The Balaban J connectivity index is 3.35. The normalized spacial score (nSPS) is 26.6. The van der Waals surface area contributed by atoms with Gasteiger partial charge in [-0.2, -0.15) is 8.42 Å². The maximum atomic E-state index is 13.6. The average Bonchev–Trinajstić information content (AvgIpc) is 3.03. The van der Waals surface area contributed by atoms with Crippen LogP contribution < -0.4 is 16.0 Å². The lowest BCUT2D eigenvalue weighted by Gasteiger charge is -2.32. The number of cyclic esters (lactones) is 1. The fraction of sp³-hybridized carbons (Fsp3) is 0.853. The molecule has 3 amide bonds. The van der Waals surface area contributed by atoms with Gasteiger partial charge < -0.3 is 30.5 Å². The molecule has 0 bridgehead atoms. The van der Waals surface area contributed by atoms with Gasteiger partial charge in [-0.25, -0.2) is 8.98 Å². The van der Waals surface area contributed by atoms with Crippen molar-refractivity contribution in [2.75, 3.05) is 6.61 Å². The number of hydrogen-bond acceptors (Lipinski definition) is 11. The molecule has 16 heteroatoms. The van der Waals surface area contributed by atoms with Crippen molar-refractivity contribution in [3.63, 3.8) is 0 Å². The van der Waals surface area contributed by atoms with Gasteiger partial charge in [0, 0.05) is 12.8 Å². The van der Waals surface area contributed by atoms with Gasteiger partial charge in [-0.15, -0.1) is 0 Å². The van der Waals surface area contributed by atoms with Crippen LogP contribution in [0.2, 0.25) is 0 Å². The van der Waals surface area contributed by atoms with E-state index < -0.39 is 101 Å². The third-order valence-electron chi connectivity index (χ3n) is 9.03. The fourth-order valence-corrected chi connectivity index (χ4v) is 6.33. The summed E-state index contributed by atoms with van der Waals surface area (Å²) < 4.78 is 47.7. The first-order chi connectivity index (χ1) is 23.4. The van der Waals surface area contributed by atoms with Gasteiger partial charge in [-0.1, -0.05) is 98.8 Å². The molecule has 5 N–H and O–H groups in total. The van der Waals surface area contributed by atoms with Gasteiger partial charge in [0.25, 0.3) is 0 Å². The minimum Gasteiger partial charge on any atom is -0.463 e. The second-order valence-electron chi connectivity index (χ2n) is 13.7. The molecule has 15 nitrogen and oxygen atoms in total. The van der Waals surface area contributed by atoms with Crippen LogP contribution in [0.5, 0.6) is 0 Å². The summed E-state index contributed by atoms with van der Waals surface area (Å²) in [6.45, 7) is 10.1. The molecule has 290 valence electrons. The molecule has 0 spiro atoms. The van der Waals surface area contributed by atoms with E-state index in [0.717, 1.165) is 39.5 Å². The lowest BCUT2D eigenvalue weighted by Crippen LogP contribution is -2.61. The number of esters is 2. The molecule has 1 aliphatic heterocycles. The van der Waals surface area contributed by atoms with E-state index in [2.05, 4.69) is 27.1 Å². The number of rotatable bonds is 18. The second-order valence-corrected chi connectivity index (χ2v) is 14.8. The molecule has 0 radical (unpaired) electrons. The zero-order valence-electron chi connectivity index (χ0n) is 30.8. The first-order valence-electron chi connectivity index (χ1n) is 18.0. The van der Waals surface area contributed by atoms with Gasteiger partial charge in [0.1, 0.15) is 30.9 Å². The molecule has 0 aromatic carbocycles. The van der Waals surface area contributed by atoms with Crippen LogP contribution in [0.4, 0.5) is 0 Å². The van der Waals surface area contributed by atoms with Gasteiger partial charge in [0.05, 0.1) is 12.0 Å². The Labute approximate surface area is 297 Å². The second kappa shape index (κ2) is 22.9. The maximum Gasteiger partial charge on any atom is 0.397 e. The molecule has 0 aliphatic carbocycles. The summed E-state index contributed by atoms with van der Waals surface area (Å²) in [5, 5.41) is 18.6. The van der Waals surface area contributed by atoms with Crippen molar-refractivity contribution >= 4 is 40.1 Å². The number of unbranched alkanes of at least 4 members (excludes halogenated alkanes) is 10. The van der Waals surface area contributed by atoms with Crippen LogP contribution in [0, 0.1) is 17.8 Å². The Morgan fingerprint density at radius 2 is 1.32 bits per heavy atom. The molecule has 0 aromatic heterocycles. The largest absolute Gasteiger partial charge is 0.463 e. The number of nitrogens with one attached hydrogen (secondary N) is 3. The Hall–Kier alpha value is -2.82. The summed E-state index contributed by atoms with van der Waals surface area (Å²) >= 11 is 0. The van der Waals surface area contributed by atoms with Gasteiger partial charge in [-0.3, -0.25) is 23.7 Å². The SMILES string of the molecule is CCCCCCCCCCCCC[C@@H]1OC(=O)[C@H](COC(C)=O)NC(=O)[C@H]([C@@H](C)OS(=O)(=O)O)NC(=O)[C@H](C(C)C)NC(=O)[C@@H](C)[C@@H](O)[C@@H]1C. The monoisotopic (exact) mass is 735 g/mol. The molecule has 1 aliphatic rings. The lowest BCUT2D eigenvalue weighted by molar-refractivity contribution is -0.162. The third-order valence-corrected chi connectivity index (χ3v) is 9.58. The van der Waals surface area contributed by atoms with E-state index in [1.54, 1.807) is 20.8 Å². The number of ether oxygens (including phenoxy) is 2. The molecule has 0 saturated carbocycles. The summed E-state index contributed by atoms with van der Waals surface area (Å²) in [6.07, 6.45) is 8.47. The predicted octanol–water partition coefficient (Wildman–Crippen LogP) is 3.13. The van der Waals surface area contributed by atoms with E-state index >= 15 is 0 Å². The van der Waals surface area contributed by atoms with Crippen LogP contribution in [0.3, 0.4) is 0 Å². The fourth-order valence-electron chi connectivity index (χ4n) is 5.84. The quantitative estimate of drug-likeness (QED) is 0.0778. The smallest absolute Gasteiger partial charge is 0.397 e. The van der Waals surface area contributed by atoms with E-state index in [1.165, 1.54) is 45.4 Å². The zero-order chi connectivity index (χ0) is 38.0. The standard InChI is InChI=1S/C34H61N3O12S/c1-8-9-10-11-12-13-14-15-16-17-18-19-27-22(4)30(39)23(5)31(40)36-28(21(2)3)32(41)37-29(24(6)49-50(44,45)46)33(42)35-26(34(43)48-27)20-47-25(7)38/h21-24,26-30,39H,8-20H2,1-7H3,(H,35,42)(H,36,40)(H,37,41)(H,44,45,46)/t22-,23+,24-,26+,27+,28+,29+,30+/m1/s1. The van der Waals surface area contributed by atoms with Gasteiger partial charge >= 0.3 is 22.3 Å². The van der Waals surface area contributed by atoms with Crippen molar-refractivity contribution in [3.8, 4) is 0 Å². The van der Waals surface area contributed by atoms with Crippen molar-refractivity contribution < 1.29 is 55.7 Å². The van der Waals surface area contributed by atoms with Crippen LogP contribution >= 0.6 is 0 Å². The molecular weight excluding hydrogens is 674 g/mol. The highest BCUT2D eigenvalue weighted by atomic mass is 32.3. The number of aliphatic hydroxyl groups excluding tert-OH is 1. The maximum absolute atomic E-state index is 13.6. The topological polar surface area (TPSA) is 224 Å². The van der Waals surface area contributed by atoms with Crippen molar-refractivity contribution in [3.05, 3.63) is 0 Å². The number of carbonyl (C=O) groups excluding carboxylic acids is 5. The Bertz CT molecular complexity index is 1200. The van der Waals surface area contributed by atoms with Gasteiger partial charge in [0.15, 0.2) is 6.04 Å². The summed E-state index contributed by atoms with van der Waals surface area (Å²) in [5.41, 5.74) is 0. The summed E-state index contributed by atoms with van der Waals surface area (Å²) in [5.74, 6) is -6.86.